The van der Waals surface area contributed by atoms with Gasteiger partial charge in [0.15, 0.2) is 11.7 Å². The minimum Gasteiger partial charge on any atom is -0.494 e. The average Bonchev–Trinajstić information content (AvgIpc) is 3.17. The quantitative estimate of drug-likeness (QED) is 0.446. The largest absolute Gasteiger partial charge is 0.494 e. The first kappa shape index (κ1) is 21.1. The number of sulfonamides is 1. The number of primary sulfonamides is 1. The molecular formula is C23H19ClN2O4S. The number of benzene rings is 3. The Hall–Kier alpha value is -3.13. The number of ether oxygens (including phenoxy) is 1. The molecule has 4 aromatic rings. The van der Waals surface area contributed by atoms with Crippen molar-refractivity contribution in [3.63, 3.8) is 0 Å². The molecule has 0 aliphatic rings. The highest BCUT2D eigenvalue weighted by atomic mass is 35.5. The van der Waals surface area contributed by atoms with Gasteiger partial charge in [-0.05, 0) is 23.8 Å². The van der Waals surface area contributed by atoms with E-state index in [1.54, 1.807) is 36.4 Å². The number of aromatic nitrogens is 1. The van der Waals surface area contributed by atoms with Crippen LogP contribution in [0.25, 0.3) is 22.6 Å². The third kappa shape index (κ3) is 4.34. The summed E-state index contributed by atoms with van der Waals surface area (Å²) >= 11 is 6.32. The smallest absolute Gasteiger partial charge is 0.238 e. The fraction of sp³-hybridized carbons (Fsp3) is 0.0870. The molecule has 0 saturated heterocycles. The van der Waals surface area contributed by atoms with E-state index in [1.807, 2.05) is 30.3 Å². The number of oxazole rings is 1. The maximum absolute atomic E-state index is 12.2. The molecule has 4 rings (SSSR count). The van der Waals surface area contributed by atoms with Gasteiger partial charge in [-0.1, -0.05) is 66.2 Å². The first-order valence-corrected chi connectivity index (χ1v) is 11.3. The molecule has 2 N–H and O–H groups in total. The predicted molar refractivity (Wildman–Crippen MR) is 120 cm³/mol. The van der Waals surface area contributed by atoms with Gasteiger partial charge in [0.2, 0.25) is 10.0 Å². The summed E-state index contributed by atoms with van der Waals surface area (Å²) in [5.41, 5.74) is 2.24. The minimum atomic E-state index is -3.99. The topological polar surface area (TPSA) is 95.4 Å². The molecule has 0 bridgehead atoms. The summed E-state index contributed by atoms with van der Waals surface area (Å²) in [7, 11) is -2.49. The highest BCUT2D eigenvalue weighted by molar-refractivity contribution is 7.89. The summed E-state index contributed by atoms with van der Waals surface area (Å²) in [6, 6.07) is 21.3. The van der Waals surface area contributed by atoms with E-state index in [-0.39, 0.29) is 4.90 Å². The van der Waals surface area contributed by atoms with Gasteiger partial charge in [0.25, 0.3) is 0 Å². The van der Waals surface area contributed by atoms with Crippen molar-refractivity contribution >= 4 is 21.6 Å². The summed E-state index contributed by atoms with van der Waals surface area (Å²) in [6.45, 7) is 0. The van der Waals surface area contributed by atoms with Crippen LogP contribution in [0, 0.1) is 0 Å². The van der Waals surface area contributed by atoms with E-state index in [0.29, 0.717) is 45.7 Å². The van der Waals surface area contributed by atoms with Gasteiger partial charge >= 0.3 is 0 Å². The molecule has 0 aliphatic carbocycles. The maximum Gasteiger partial charge on any atom is 0.238 e. The first-order chi connectivity index (χ1) is 14.9. The second kappa shape index (κ2) is 8.55. The number of para-hydroxylation sites is 1. The highest BCUT2D eigenvalue weighted by Crippen LogP contribution is 2.42. The molecule has 0 amide bonds. The second-order valence-corrected chi connectivity index (χ2v) is 8.75. The SMILES string of the molecule is COc1c(Cl)cccc1-c1oc(Cc2ccccc2)nc1-c1ccccc1S(N)(=O)=O. The van der Waals surface area contributed by atoms with Crippen LogP contribution in [-0.4, -0.2) is 20.5 Å². The number of hydrogen-bond acceptors (Lipinski definition) is 5. The van der Waals surface area contributed by atoms with E-state index in [0.717, 1.165) is 5.56 Å². The molecule has 31 heavy (non-hydrogen) atoms. The van der Waals surface area contributed by atoms with E-state index < -0.39 is 10.0 Å². The average molecular weight is 455 g/mol. The minimum absolute atomic E-state index is 0.0446. The van der Waals surface area contributed by atoms with Crippen molar-refractivity contribution in [2.75, 3.05) is 7.11 Å². The molecule has 0 spiro atoms. The lowest BCUT2D eigenvalue weighted by atomic mass is 10.0. The molecule has 0 unspecified atom stereocenters. The zero-order chi connectivity index (χ0) is 22.0. The van der Waals surface area contributed by atoms with Crippen molar-refractivity contribution in [1.29, 1.82) is 0 Å². The van der Waals surface area contributed by atoms with Gasteiger partial charge in [-0.25, -0.2) is 18.5 Å². The van der Waals surface area contributed by atoms with Crippen molar-refractivity contribution in [3.8, 4) is 28.3 Å². The van der Waals surface area contributed by atoms with Crippen molar-refractivity contribution in [2.45, 2.75) is 11.3 Å². The number of hydrogen-bond donors (Lipinski definition) is 1. The summed E-state index contributed by atoms with van der Waals surface area (Å²) in [5, 5.41) is 5.86. The Morgan fingerprint density at radius 2 is 1.65 bits per heavy atom. The van der Waals surface area contributed by atoms with Gasteiger partial charge in [-0.2, -0.15) is 0 Å². The van der Waals surface area contributed by atoms with Gasteiger partial charge in [0, 0.05) is 12.0 Å². The van der Waals surface area contributed by atoms with Crippen LogP contribution in [0.4, 0.5) is 0 Å². The van der Waals surface area contributed by atoms with Gasteiger partial charge in [0.05, 0.1) is 22.6 Å². The number of nitrogens with two attached hydrogens (primary N) is 1. The van der Waals surface area contributed by atoms with Crippen LogP contribution < -0.4 is 9.88 Å². The van der Waals surface area contributed by atoms with Gasteiger partial charge in [0.1, 0.15) is 11.4 Å². The Kier molecular flexibility index (Phi) is 5.82. The zero-order valence-electron chi connectivity index (χ0n) is 16.6. The van der Waals surface area contributed by atoms with Crippen LogP contribution >= 0.6 is 11.6 Å². The van der Waals surface area contributed by atoms with Gasteiger partial charge in [-0.15, -0.1) is 0 Å². The normalized spacial score (nSPS) is 11.5. The van der Waals surface area contributed by atoms with E-state index >= 15 is 0 Å². The molecule has 158 valence electrons. The summed E-state index contributed by atoms with van der Waals surface area (Å²) in [4.78, 5) is 4.60. The lowest BCUT2D eigenvalue weighted by Gasteiger charge is -2.10. The zero-order valence-corrected chi connectivity index (χ0v) is 18.2. The summed E-state index contributed by atoms with van der Waals surface area (Å²) in [6.07, 6.45) is 0.425. The molecule has 0 atom stereocenters. The van der Waals surface area contributed by atoms with E-state index in [4.69, 9.17) is 25.9 Å². The van der Waals surface area contributed by atoms with E-state index in [2.05, 4.69) is 4.98 Å². The summed E-state index contributed by atoms with van der Waals surface area (Å²) in [5.74, 6) is 1.17. The van der Waals surface area contributed by atoms with Crippen LogP contribution in [0.1, 0.15) is 11.5 Å². The van der Waals surface area contributed by atoms with Crippen molar-refractivity contribution in [3.05, 3.63) is 89.3 Å². The maximum atomic E-state index is 12.2. The van der Waals surface area contributed by atoms with Crippen LogP contribution in [-0.2, 0) is 16.4 Å². The molecular weight excluding hydrogens is 436 g/mol. The van der Waals surface area contributed by atoms with Crippen molar-refractivity contribution in [2.24, 2.45) is 5.14 Å². The van der Waals surface area contributed by atoms with E-state index in [1.165, 1.54) is 13.2 Å². The molecule has 0 radical (unpaired) electrons. The van der Waals surface area contributed by atoms with Crippen LogP contribution in [0.3, 0.4) is 0 Å². The third-order valence-corrected chi connectivity index (χ3v) is 6.00. The highest BCUT2D eigenvalue weighted by Gasteiger charge is 2.25. The van der Waals surface area contributed by atoms with Gasteiger partial charge < -0.3 is 9.15 Å². The number of halogens is 1. The molecule has 0 fully saturated rings. The Morgan fingerprint density at radius 3 is 2.35 bits per heavy atom. The van der Waals surface area contributed by atoms with Gasteiger partial charge in [-0.3, -0.25) is 0 Å². The molecule has 1 aromatic heterocycles. The fourth-order valence-corrected chi connectivity index (χ4v) is 4.37. The van der Waals surface area contributed by atoms with Crippen molar-refractivity contribution < 1.29 is 17.6 Å². The standard InChI is InChI=1S/C23H19ClN2O4S/c1-29-22-17(11-7-12-18(22)24)23-21(16-10-5-6-13-19(16)31(25,27)28)26-20(30-23)14-15-8-3-2-4-9-15/h2-13H,14H2,1H3,(H2,25,27,28). The molecule has 8 heteroatoms. The lowest BCUT2D eigenvalue weighted by Crippen LogP contribution is -2.13. The third-order valence-electron chi connectivity index (χ3n) is 4.73. The first-order valence-electron chi connectivity index (χ1n) is 9.37. The number of rotatable bonds is 6. The Bertz CT molecular complexity index is 1330. The predicted octanol–water partition coefficient (Wildman–Crippen LogP) is 4.91. The fourth-order valence-electron chi connectivity index (χ4n) is 3.38. The number of methoxy groups -OCH3 is 1. The van der Waals surface area contributed by atoms with Crippen LogP contribution in [0.2, 0.25) is 5.02 Å². The molecule has 0 saturated carbocycles. The molecule has 6 nitrogen and oxygen atoms in total. The number of nitrogens with zero attached hydrogens (tertiary/aromatic N) is 1. The van der Waals surface area contributed by atoms with Crippen LogP contribution in [0.15, 0.2) is 82.1 Å². The Morgan fingerprint density at radius 1 is 0.968 bits per heavy atom. The monoisotopic (exact) mass is 454 g/mol. The van der Waals surface area contributed by atoms with E-state index in [9.17, 15) is 8.42 Å². The molecule has 0 aliphatic heterocycles. The molecule has 3 aromatic carbocycles. The Labute approximate surface area is 185 Å². The second-order valence-electron chi connectivity index (χ2n) is 6.81. The Balaban J connectivity index is 1.96. The molecule has 1 heterocycles. The lowest BCUT2D eigenvalue weighted by molar-refractivity contribution is 0.414. The summed E-state index contributed by atoms with van der Waals surface area (Å²) < 4.78 is 36.1. The van der Waals surface area contributed by atoms with Crippen molar-refractivity contribution in [1.82, 2.24) is 4.98 Å². The van der Waals surface area contributed by atoms with Crippen LogP contribution in [0.5, 0.6) is 5.75 Å².